The van der Waals surface area contributed by atoms with Gasteiger partial charge in [0.05, 0.1) is 9.47 Å². The van der Waals surface area contributed by atoms with E-state index in [1.165, 1.54) is 11.3 Å². The Morgan fingerprint density at radius 3 is 2.76 bits per heavy atom. The third kappa shape index (κ3) is 3.78. The summed E-state index contributed by atoms with van der Waals surface area (Å²) < 4.78 is 28.2. The van der Waals surface area contributed by atoms with Gasteiger partial charge in [0, 0.05) is 16.4 Å². The minimum absolute atomic E-state index is 0.233. The van der Waals surface area contributed by atoms with Gasteiger partial charge < -0.3 is 5.32 Å². The molecule has 114 valence electrons. The zero-order valence-corrected chi connectivity index (χ0v) is 15.4. The molecule has 0 aliphatic heterocycles. The van der Waals surface area contributed by atoms with Crippen molar-refractivity contribution >= 4 is 54.6 Å². The van der Waals surface area contributed by atoms with E-state index >= 15 is 0 Å². The predicted molar refractivity (Wildman–Crippen MR) is 91.8 cm³/mol. The lowest BCUT2D eigenvalue weighted by atomic mass is 10.2. The molecule has 0 fully saturated rings. The van der Waals surface area contributed by atoms with E-state index in [1.54, 1.807) is 31.2 Å². The number of sulfonamides is 1. The maximum Gasteiger partial charge on any atom is 0.263 e. The van der Waals surface area contributed by atoms with Gasteiger partial charge in [0.15, 0.2) is 0 Å². The smallest absolute Gasteiger partial charge is 0.263 e. The molecule has 0 saturated carbocycles. The highest BCUT2D eigenvalue weighted by atomic mass is 79.9. The zero-order valence-electron chi connectivity index (χ0n) is 11.4. The van der Waals surface area contributed by atoms with Crippen LogP contribution in [-0.2, 0) is 16.6 Å². The summed E-state index contributed by atoms with van der Waals surface area (Å²) in [5.74, 6) is 0. The maximum atomic E-state index is 12.5. The first-order valence-corrected chi connectivity index (χ1v) is 9.53. The average Bonchev–Trinajstić information content (AvgIpc) is 2.77. The number of halogens is 2. The summed E-state index contributed by atoms with van der Waals surface area (Å²) in [4.78, 5) is 1.17. The Labute approximate surface area is 141 Å². The minimum atomic E-state index is -3.65. The molecule has 4 nitrogen and oxygen atoms in total. The van der Waals surface area contributed by atoms with Crippen LogP contribution in [0, 0.1) is 6.92 Å². The van der Waals surface area contributed by atoms with Crippen LogP contribution in [0.5, 0.6) is 0 Å². The van der Waals surface area contributed by atoms with Crippen LogP contribution < -0.4 is 10.0 Å². The van der Waals surface area contributed by atoms with Gasteiger partial charge in [-0.15, -0.1) is 11.3 Å². The largest absolute Gasteiger partial charge is 0.315 e. The highest BCUT2D eigenvalue weighted by molar-refractivity contribution is 9.11. The monoisotopic (exact) mass is 408 g/mol. The molecular formula is C13H14BrClN2O2S2. The lowest BCUT2D eigenvalue weighted by Crippen LogP contribution is -2.13. The Hall–Kier alpha value is -0.600. The normalized spacial score (nSPS) is 11.6. The SMILES string of the molecule is CNCc1cc(S(=O)(=O)Nc2cccc(Cl)c2C)c(Br)s1. The predicted octanol–water partition coefficient (Wildman–Crippen LogP) is 3.99. The van der Waals surface area contributed by atoms with Crippen LogP contribution in [0.25, 0.3) is 0 Å². The molecule has 0 unspecified atom stereocenters. The molecule has 1 aromatic carbocycles. The second-order valence-electron chi connectivity index (χ2n) is 4.40. The molecule has 0 saturated heterocycles. The second kappa shape index (κ2) is 6.66. The van der Waals surface area contributed by atoms with Crippen LogP contribution in [0.1, 0.15) is 10.4 Å². The fourth-order valence-corrected chi connectivity index (χ4v) is 5.75. The Kier molecular flexibility index (Phi) is 5.32. The van der Waals surface area contributed by atoms with E-state index in [0.29, 0.717) is 26.6 Å². The van der Waals surface area contributed by atoms with Gasteiger partial charge >= 0.3 is 0 Å². The number of hydrogen-bond acceptors (Lipinski definition) is 4. The highest BCUT2D eigenvalue weighted by Gasteiger charge is 2.21. The van der Waals surface area contributed by atoms with E-state index in [2.05, 4.69) is 26.0 Å². The molecule has 0 bridgehead atoms. The number of benzene rings is 1. The fraction of sp³-hybridized carbons (Fsp3) is 0.231. The maximum absolute atomic E-state index is 12.5. The topological polar surface area (TPSA) is 58.2 Å². The molecule has 0 aliphatic carbocycles. The first-order chi connectivity index (χ1) is 9.85. The van der Waals surface area contributed by atoms with Crippen molar-refractivity contribution in [3.05, 3.63) is 43.5 Å². The molecular weight excluding hydrogens is 396 g/mol. The number of hydrogen-bond donors (Lipinski definition) is 2. The number of thiophene rings is 1. The summed E-state index contributed by atoms with van der Waals surface area (Å²) in [6.07, 6.45) is 0. The van der Waals surface area contributed by atoms with Crippen molar-refractivity contribution in [3.63, 3.8) is 0 Å². The second-order valence-corrected chi connectivity index (χ2v) is 8.91. The molecule has 21 heavy (non-hydrogen) atoms. The zero-order chi connectivity index (χ0) is 15.6. The van der Waals surface area contributed by atoms with Crippen LogP contribution in [0.4, 0.5) is 5.69 Å². The van der Waals surface area contributed by atoms with Gasteiger partial charge in [0.1, 0.15) is 4.90 Å². The van der Waals surface area contributed by atoms with E-state index in [0.717, 1.165) is 4.88 Å². The van der Waals surface area contributed by atoms with Crippen LogP contribution in [0.3, 0.4) is 0 Å². The molecule has 8 heteroatoms. The van der Waals surface area contributed by atoms with Gasteiger partial charge in [-0.1, -0.05) is 17.7 Å². The average molecular weight is 410 g/mol. The highest BCUT2D eigenvalue weighted by Crippen LogP contribution is 2.33. The standard InChI is InChI=1S/C13H14BrClN2O2S2/c1-8-10(15)4-3-5-11(8)17-21(18,19)12-6-9(7-16-2)20-13(12)14/h3-6,16-17H,7H2,1-2H3. The minimum Gasteiger partial charge on any atom is -0.315 e. The van der Waals surface area contributed by atoms with E-state index in [4.69, 9.17) is 11.6 Å². The summed E-state index contributed by atoms with van der Waals surface area (Å²) in [6.45, 7) is 2.39. The quantitative estimate of drug-likeness (QED) is 0.785. The molecule has 2 rings (SSSR count). The molecule has 1 aromatic heterocycles. The molecule has 0 radical (unpaired) electrons. The van der Waals surface area contributed by atoms with Crippen molar-refractivity contribution in [2.75, 3.05) is 11.8 Å². The van der Waals surface area contributed by atoms with Crippen molar-refractivity contribution in [2.24, 2.45) is 0 Å². The van der Waals surface area contributed by atoms with Crippen molar-refractivity contribution < 1.29 is 8.42 Å². The van der Waals surface area contributed by atoms with Crippen LogP contribution >= 0.6 is 38.9 Å². The summed E-state index contributed by atoms with van der Waals surface area (Å²) in [5.41, 5.74) is 1.18. The molecule has 0 aliphatic rings. The lowest BCUT2D eigenvalue weighted by molar-refractivity contribution is 0.601. The third-order valence-electron chi connectivity index (χ3n) is 2.86. The molecule has 2 aromatic rings. The fourth-order valence-electron chi connectivity index (χ4n) is 1.76. The molecule has 0 atom stereocenters. The van der Waals surface area contributed by atoms with Gasteiger partial charge in [-0.25, -0.2) is 8.42 Å². The van der Waals surface area contributed by atoms with Crippen molar-refractivity contribution in [1.29, 1.82) is 0 Å². The van der Waals surface area contributed by atoms with Crippen molar-refractivity contribution in [3.8, 4) is 0 Å². The summed E-state index contributed by atoms with van der Waals surface area (Å²) in [7, 11) is -1.84. The van der Waals surface area contributed by atoms with E-state index < -0.39 is 10.0 Å². The Morgan fingerprint density at radius 2 is 2.10 bits per heavy atom. The van der Waals surface area contributed by atoms with E-state index in [9.17, 15) is 8.42 Å². The molecule has 0 spiro atoms. The molecule has 2 N–H and O–H groups in total. The Bertz CT molecular complexity index is 760. The van der Waals surface area contributed by atoms with Crippen LogP contribution in [0.2, 0.25) is 5.02 Å². The van der Waals surface area contributed by atoms with Crippen molar-refractivity contribution in [1.82, 2.24) is 5.32 Å². The lowest BCUT2D eigenvalue weighted by Gasteiger charge is -2.10. The van der Waals surface area contributed by atoms with Gasteiger partial charge in [-0.3, -0.25) is 4.72 Å². The van der Waals surface area contributed by atoms with Gasteiger partial charge in [0.2, 0.25) is 0 Å². The molecule has 1 heterocycles. The number of anilines is 1. The van der Waals surface area contributed by atoms with Crippen molar-refractivity contribution in [2.45, 2.75) is 18.4 Å². The first kappa shape index (κ1) is 16.8. The number of rotatable bonds is 5. The first-order valence-electron chi connectivity index (χ1n) is 6.06. The van der Waals surface area contributed by atoms with Crippen LogP contribution in [-0.4, -0.2) is 15.5 Å². The summed E-state index contributed by atoms with van der Waals surface area (Å²) in [5, 5.41) is 3.52. The Balaban J connectivity index is 2.36. The molecule has 0 amide bonds. The Morgan fingerprint density at radius 1 is 1.38 bits per heavy atom. The van der Waals surface area contributed by atoms with Gasteiger partial charge in [0.25, 0.3) is 10.0 Å². The summed E-state index contributed by atoms with van der Waals surface area (Å²) in [6, 6.07) is 6.78. The van der Waals surface area contributed by atoms with E-state index in [-0.39, 0.29) is 4.90 Å². The third-order valence-corrected chi connectivity index (χ3v) is 6.89. The van der Waals surface area contributed by atoms with Gasteiger partial charge in [-0.2, -0.15) is 0 Å². The van der Waals surface area contributed by atoms with Crippen LogP contribution in [0.15, 0.2) is 32.9 Å². The number of nitrogens with one attached hydrogen (secondary N) is 2. The van der Waals surface area contributed by atoms with Gasteiger partial charge in [-0.05, 0) is 53.7 Å². The van der Waals surface area contributed by atoms with E-state index in [1.807, 2.05) is 7.05 Å². The summed E-state index contributed by atoms with van der Waals surface area (Å²) >= 11 is 10.7.